The number of hydrogen-bond donors (Lipinski definition) is 0. The van der Waals surface area contributed by atoms with Crippen LogP contribution in [-0.4, -0.2) is 17.9 Å². The Hall–Kier alpha value is -1.64. The molecule has 104 valence electrons. The molecule has 3 nitrogen and oxygen atoms in total. The average Bonchev–Trinajstić information content (AvgIpc) is 2.36. The summed E-state index contributed by atoms with van der Waals surface area (Å²) in [5.41, 5.74) is 2.88. The molecule has 0 amide bonds. The predicted octanol–water partition coefficient (Wildman–Crippen LogP) is 3.34. The van der Waals surface area contributed by atoms with Crippen molar-refractivity contribution in [1.29, 1.82) is 0 Å². The van der Waals surface area contributed by atoms with Gasteiger partial charge in [0.15, 0.2) is 5.78 Å². The Morgan fingerprint density at radius 1 is 1.16 bits per heavy atom. The van der Waals surface area contributed by atoms with Gasteiger partial charge in [0.25, 0.3) is 0 Å². The maximum Gasteiger partial charge on any atom is 0.313 e. The maximum atomic E-state index is 12.2. The van der Waals surface area contributed by atoms with Gasteiger partial charge in [-0.2, -0.15) is 0 Å². The number of aryl methyl sites for hydroxylation is 1. The summed E-state index contributed by atoms with van der Waals surface area (Å²) in [6.07, 6.45) is 1.32. The number of esters is 1. The molecule has 0 saturated heterocycles. The highest BCUT2D eigenvalue weighted by atomic mass is 16.5. The maximum absolute atomic E-state index is 12.2. The van der Waals surface area contributed by atoms with Crippen LogP contribution in [0.1, 0.15) is 55.6 Å². The molecule has 0 saturated carbocycles. The van der Waals surface area contributed by atoms with Crippen LogP contribution in [0.4, 0.5) is 0 Å². The molecule has 0 bridgehead atoms. The van der Waals surface area contributed by atoms with Crippen LogP contribution in [-0.2, 0) is 22.4 Å². The Morgan fingerprint density at radius 3 is 2.37 bits per heavy atom. The molecule has 0 radical (unpaired) electrons. The van der Waals surface area contributed by atoms with Crippen LogP contribution in [0.3, 0.4) is 0 Å². The molecule has 0 atom stereocenters. The summed E-state index contributed by atoms with van der Waals surface area (Å²) in [5.74, 6) is -0.609. The highest BCUT2D eigenvalue weighted by Gasteiger charge is 2.17. The number of Topliss-reactive ketones (excluding diaryl/α,β-unsaturated/α-hetero) is 1. The van der Waals surface area contributed by atoms with E-state index in [0.29, 0.717) is 5.56 Å². The zero-order valence-corrected chi connectivity index (χ0v) is 12.2. The van der Waals surface area contributed by atoms with E-state index < -0.39 is 5.97 Å². The quantitative estimate of drug-likeness (QED) is 0.448. The molecular formula is C16H22O3. The van der Waals surface area contributed by atoms with Gasteiger partial charge in [-0.1, -0.05) is 32.0 Å². The van der Waals surface area contributed by atoms with E-state index in [4.69, 9.17) is 4.74 Å². The van der Waals surface area contributed by atoms with Crippen molar-refractivity contribution < 1.29 is 14.3 Å². The summed E-state index contributed by atoms with van der Waals surface area (Å²) in [4.78, 5) is 23.7. The van der Waals surface area contributed by atoms with Crippen LogP contribution in [0, 0.1) is 0 Å². The van der Waals surface area contributed by atoms with E-state index in [-0.39, 0.29) is 18.3 Å². The first kappa shape index (κ1) is 15.4. The van der Waals surface area contributed by atoms with Gasteiger partial charge >= 0.3 is 5.97 Å². The second kappa shape index (κ2) is 7.07. The number of carbonyl (C=O) groups is 2. The molecule has 0 aromatic heterocycles. The van der Waals surface area contributed by atoms with E-state index in [1.165, 1.54) is 5.56 Å². The van der Waals surface area contributed by atoms with Crippen LogP contribution in [0.2, 0.25) is 0 Å². The van der Waals surface area contributed by atoms with E-state index in [1.54, 1.807) is 19.9 Å². The lowest BCUT2D eigenvalue weighted by Crippen LogP contribution is -2.17. The lowest BCUT2D eigenvalue weighted by atomic mass is 9.94. The Bertz CT molecular complexity index is 461. The first-order valence-electron chi connectivity index (χ1n) is 6.83. The molecule has 1 rings (SSSR count). The van der Waals surface area contributed by atoms with E-state index in [1.807, 2.05) is 19.1 Å². The molecule has 0 unspecified atom stereocenters. The first-order valence-corrected chi connectivity index (χ1v) is 6.83. The van der Waals surface area contributed by atoms with Crippen LogP contribution in [0.15, 0.2) is 18.2 Å². The Morgan fingerprint density at radius 2 is 1.84 bits per heavy atom. The van der Waals surface area contributed by atoms with Crippen molar-refractivity contribution in [3.8, 4) is 0 Å². The molecule has 3 heteroatoms. The van der Waals surface area contributed by atoms with Crippen molar-refractivity contribution in [2.75, 3.05) is 0 Å². The molecule has 1 aromatic carbocycles. The number of ether oxygens (including phenoxy) is 1. The number of rotatable bonds is 6. The van der Waals surface area contributed by atoms with Gasteiger partial charge in [0, 0.05) is 5.56 Å². The summed E-state index contributed by atoms with van der Waals surface area (Å²) in [6.45, 7) is 7.64. The van der Waals surface area contributed by atoms with Crippen LogP contribution in [0.25, 0.3) is 0 Å². The highest BCUT2D eigenvalue weighted by molar-refractivity contribution is 6.07. The number of ketones is 1. The fourth-order valence-corrected chi connectivity index (χ4v) is 2.18. The summed E-state index contributed by atoms with van der Waals surface area (Å²) in [6, 6.07) is 5.70. The van der Waals surface area contributed by atoms with Gasteiger partial charge < -0.3 is 4.74 Å². The summed E-state index contributed by atoms with van der Waals surface area (Å²) >= 11 is 0. The molecule has 0 fully saturated rings. The Labute approximate surface area is 115 Å². The van der Waals surface area contributed by atoms with Crippen molar-refractivity contribution in [2.24, 2.45) is 0 Å². The Kier molecular flexibility index (Phi) is 5.74. The smallest absolute Gasteiger partial charge is 0.313 e. The van der Waals surface area contributed by atoms with Gasteiger partial charge in [0.05, 0.1) is 6.10 Å². The minimum atomic E-state index is -0.455. The molecule has 0 spiro atoms. The fourth-order valence-electron chi connectivity index (χ4n) is 2.18. The monoisotopic (exact) mass is 262 g/mol. The molecule has 0 aliphatic rings. The van der Waals surface area contributed by atoms with Crippen LogP contribution < -0.4 is 0 Å². The third-order valence-electron chi connectivity index (χ3n) is 2.98. The third-order valence-corrected chi connectivity index (χ3v) is 2.98. The summed E-state index contributed by atoms with van der Waals surface area (Å²) in [7, 11) is 0. The lowest BCUT2D eigenvalue weighted by molar-refractivity contribution is -0.146. The van der Waals surface area contributed by atoms with Crippen molar-refractivity contribution in [3.05, 3.63) is 34.9 Å². The molecular weight excluding hydrogens is 240 g/mol. The molecule has 1 aromatic rings. The average molecular weight is 262 g/mol. The SMILES string of the molecule is CCc1cccc(C(=O)CC(=O)OC(C)C)c1CC. The topological polar surface area (TPSA) is 43.4 Å². The standard InChI is InChI=1S/C16H22O3/c1-5-12-8-7-9-14(13(12)6-2)15(17)10-16(18)19-11(3)4/h7-9,11H,5-6,10H2,1-4H3. The number of benzene rings is 1. The molecule has 19 heavy (non-hydrogen) atoms. The summed E-state index contributed by atoms with van der Waals surface area (Å²) in [5, 5.41) is 0. The van der Waals surface area contributed by atoms with E-state index in [9.17, 15) is 9.59 Å². The van der Waals surface area contributed by atoms with Gasteiger partial charge in [0.1, 0.15) is 6.42 Å². The number of carbonyl (C=O) groups excluding carboxylic acids is 2. The van der Waals surface area contributed by atoms with Crippen molar-refractivity contribution in [2.45, 2.75) is 53.1 Å². The molecule has 0 heterocycles. The molecule has 0 N–H and O–H groups in total. The van der Waals surface area contributed by atoms with Gasteiger partial charge in [-0.05, 0) is 37.8 Å². The first-order chi connectivity index (χ1) is 8.99. The van der Waals surface area contributed by atoms with Crippen molar-refractivity contribution >= 4 is 11.8 Å². The van der Waals surface area contributed by atoms with Crippen LogP contribution in [0.5, 0.6) is 0 Å². The zero-order valence-electron chi connectivity index (χ0n) is 12.2. The van der Waals surface area contributed by atoms with E-state index in [2.05, 4.69) is 6.92 Å². The van der Waals surface area contributed by atoms with E-state index in [0.717, 1.165) is 18.4 Å². The van der Waals surface area contributed by atoms with Crippen LogP contribution >= 0.6 is 0 Å². The second-order valence-corrected chi connectivity index (χ2v) is 4.79. The minimum Gasteiger partial charge on any atom is -0.463 e. The fraction of sp³-hybridized carbons (Fsp3) is 0.500. The summed E-state index contributed by atoms with van der Waals surface area (Å²) < 4.78 is 5.01. The normalized spacial score (nSPS) is 10.6. The number of hydrogen-bond acceptors (Lipinski definition) is 3. The zero-order chi connectivity index (χ0) is 14.4. The highest BCUT2D eigenvalue weighted by Crippen LogP contribution is 2.18. The van der Waals surface area contributed by atoms with Gasteiger partial charge in [-0.3, -0.25) is 9.59 Å². The lowest BCUT2D eigenvalue weighted by Gasteiger charge is -2.12. The minimum absolute atomic E-state index is 0.155. The molecule has 0 aliphatic heterocycles. The Balaban J connectivity index is 2.91. The van der Waals surface area contributed by atoms with Crippen molar-refractivity contribution in [3.63, 3.8) is 0 Å². The van der Waals surface area contributed by atoms with E-state index >= 15 is 0 Å². The van der Waals surface area contributed by atoms with Crippen molar-refractivity contribution in [1.82, 2.24) is 0 Å². The largest absolute Gasteiger partial charge is 0.463 e. The second-order valence-electron chi connectivity index (χ2n) is 4.79. The van der Waals surface area contributed by atoms with Gasteiger partial charge in [0.2, 0.25) is 0 Å². The third kappa shape index (κ3) is 4.19. The van der Waals surface area contributed by atoms with Gasteiger partial charge in [-0.25, -0.2) is 0 Å². The molecule has 0 aliphatic carbocycles. The van der Waals surface area contributed by atoms with Gasteiger partial charge in [-0.15, -0.1) is 0 Å². The predicted molar refractivity (Wildman–Crippen MR) is 75.4 cm³/mol.